The number of hydrogen-bond acceptors (Lipinski definition) is 0. The molecule has 9 aromatic carbocycles. The van der Waals surface area contributed by atoms with Crippen LogP contribution in [0.3, 0.4) is 0 Å². The molecule has 70 heavy (non-hydrogen) atoms. The van der Waals surface area contributed by atoms with Gasteiger partial charge >= 0.3 is 24.7 Å². The lowest BCUT2D eigenvalue weighted by atomic mass is 9.85. The molecule has 11 rings (SSSR count). The van der Waals surface area contributed by atoms with E-state index in [1.54, 1.807) is 21.3 Å². The third-order valence-electron chi connectivity index (χ3n) is 13.1. The molecule has 2 heterocycles. The molecule has 0 amide bonds. The van der Waals surface area contributed by atoms with Gasteiger partial charge in [0, 0.05) is 32.9 Å². The van der Waals surface area contributed by atoms with E-state index in [2.05, 4.69) is 0 Å². The average molecular weight is 961 g/mol. The molecule has 0 spiro atoms. The molecule has 0 aliphatic carbocycles. The van der Waals surface area contributed by atoms with Crippen molar-refractivity contribution in [1.82, 2.24) is 9.13 Å². The molecular formula is C56H32F12N2. The predicted octanol–water partition coefficient (Wildman–Crippen LogP) is 18.2. The third kappa shape index (κ3) is 7.30. The Bertz CT molecular complexity index is 3570. The van der Waals surface area contributed by atoms with Crippen molar-refractivity contribution >= 4 is 65.2 Å². The smallest absolute Gasteiger partial charge is 0.309 e. The maximum atomic E-state index is 14.1. The molecule has 0 bridgehead atoms. The average Bonchev–Trinajstić information content (AvgIpc) is 3.81. The highest BCUT2D eigenvalue weighted by Crippen LogP contribution is 2.48. The van der Waals surface area contributed by atoms with Gasteiger partial charge in [0.2, 0.25) is 0 Å². The van der Waals surface area contributed by atoms with Gasteiger partial charge in [-0.25, -0.2) is 0 Å². The summed E-state index contributed by atoms with van der Waals surface area (Å²) >= 11 is 0. The minimum absolute atomic E-state index is 0.0317. The van der Waals surface area contributed by atoms with Crippen LogP contribution in [0, 0.1) is 13.8 Å². The third-order valence-corrected chi connectivity index (χ3v) is 13.1. The maximum absolute atomic E-state index is 14.1. The van der Waals surface area contributed by atoms with E-state index < -0.39 is 47.0 Å². The fourth-order valence-corrected chi connectivity index (χ4v) is 10.0. The summed E-state index contributed by atoms with van der Waals surface area (Å²) in [7, 11) is 0. The van der Waals surface area contributed by atoms with Gasteiger partial charge in [0.25, 0.3) is 0 Å². The van der Waals surface area contributed by atoms with Crippen molar-refractivity contribution in [3.63, 3.8) is 0 Å². The second kappa shape index (κ2) is 15.4. The molecule has 0 atom stereocenters. The largest absolute Gasteiger partial charge is 0.416 e. The first-order chi connectivity index (χ1) is 33.0. The fraction of sp³-hybridized carbons (Fsp3) is 0.107. The van der Waals surface area contributed by atoms with E-state index in [9.17, 15) is 52.7 Å². The summed E-state index contributed by atoms with van der Waals surface area (Å²) < 4.78 is 173. The van der Waals surface area contributed by atoms with E-state index in [-0.39, 0.29) is 43.6 Å². The number of benzene rings is 9. The van der Waals surface area contributed by atoms with Gasteiger partial charge in [-0.3, -0.25) is 0 Å². The molecule has 0 unspecified atom stereocenters. The molecule has 11 aromatic rings. The minimum atomic E-state index is -4.78. The van der Waals surface area contributed by atoms with Crippen LogP contribution in [0.15, 0.2) is 158 Å². The molecule has 0 fully saturated rings. The Morgan fingerprint density at radius 2 is 0.586 bits per heavy atom. The molecule has 0 aliphatic heterocycles. The Labute approximate surface area is 389 Å². The van der Waals surface area contributed by atoms with Crippen molar-refractivity contribution in [2.45, 2.75) is 38.6 Å². The highest BCUT2D eigenvalue weighted by Gasteiger charge is 2.35. The van der Waals surface area contributed by atoms with Crippen molar-refractivity contribution in [2.24, 2.45) is 0 Å². The van der Waals surface area contributed by atoms with Crippen molar-refractivity contribution in [3.05, 3.63) is 191 Å². The number of halogens is 12. The molecule has 350 valence electrons. The van der Waals surface area contributed by atoms with Crippen LogP contribution < -0.4 is 0 Å². The van der Waals surface area contributed by atoms with Crippen LogP contribution in [0.5, 0.6) is 0 Å². The summed E-state index contributed by atoms with van der Waals surface area (Å²) in [5.41, 5.74) is 2.48. The Balaban J connectivity index is 1.25. The van der Waals surface area contributed by atoms with E-state index in [1.165, 1.54) is 24.3 Å². The number of hydrogen-bond donors (Lipinski definition) is 0. The molecule has 14 heteroatoms. The maximum Gasteiger partial charge on any atom is 0.416 e. The van der Waals surface area contributed by atoms with Crippen LogP contribution in [0.4, 0.5) is 52.7 Å². The summed E-state index contributed by atoms with van der Waals surface area (Å²) in [5.74, 6) is 0. The van der Waals surface area contributed by atoms with Gasteiger partial charge in [-0.05, 0) is 155 Å². The molecular weight excluding hydrogens is 929 g/mol. The molecule has 0 aliphatic rings. The predicted molar refractivity (Wildman–Crippen MR) is 250 cm³/mol. The summed E-state index contributed by atoms with van der Waals surface area (Å²) in [4.78, 5) is 0. The van der Waals surface area contributed by atoms with Gasteiger partial charge in [-0.15, -0.1) is 0 Å². The quantitative estimate of drug-likeness (QED) is 0.123. The van der Waals surface area contributed by atoms with Gasteiger partial charge in [0.05, 0.1) is 44.3 Å². The number of nitrogens with zero attached hydrogens (tertiary/aromatic N) is 2. The van der Waals surface area contributed by atoms with Crippen LogP contribution in [0.1, 0.15) is 33.4 Å². The first kappa shape index (κ1) is 44.7. The molecule has 0 radical (unpaired) electrons. The monoisotopic (exact) mass is 960 g/mol. The number of alkyl halides is 12. The Hall–Kier alpha value is -7.74. The number of aromatic nitrogens is 2. The Morgan fingerprint density at radius 3 is 0.857 bits per heavy atom. The van der Waals surface area contributed by atoms with Crippen LogP contribution >= 0.6 is 0 Å². The highest BCUT2D eigenvalue weighted by molar-refractivity contribution is 6.23. The second-order valence-electron chi connectivity index (χ2n) is 17.5. The standard InChI is InChI=1S/C56H32F12N2/c1-29-5-3-7-31(21-29)51-39-15-13-38(70-49-19-11-35(55(63,64)65)25-43(49)44-26-36(56(66,67)68)12-20-50(44)70)28-46(39)52(32-8-4-6-30(2)22-32)40-16-14-37(27-45(40)51)69-47-17-9-33(53(57,58)59)23-41(47)42-24-34(54(60,61)62)10-18-48(42)69/h3-28H,1-2H3. The zero-order valence-corrected chi connectivity index (χ0v) is 36.4. The first-order valence-corrected chi connectivity index (χ1v) is 21.7. The Kier molecular flexibility index (Phi) is 9.83. The van der Waals surface area contributed by atoms with Crippen molar-refractivity contribution in [2.75, 3.05) is 0 Å². The number of rotatable bonds is 4. The van der Waals surface area contributed by atoms with Crippen LogP contribution in [0.25, 0.3) is 98.8 Å². The van der Waals surface area contributed by atoms with E-state index in [0.29, 0.717) is 44.0 Å². The van der Waals surface area contributed by atoms with E-state index in [0.717, 1.165) is 70.8 Å². The first-order valence-electron chi connectivity index (χ1n) is 21.7. The second-order valence-corrected chi connectivity index (χ2v) is 17.5. The lowest BCUT2D eigenvalue weighted by Gasteiger charge is -2.21. The minimum Gasteiger partial charge on any atom is -0.309 e. The zero-order valence-electron chi connectivity index (χ0n) is 36.4. The van der Waals surface area contributed by atoms with Gasteiger partial charge in [0.1, 0.15) is 0 Å². The SMILES string of the molecule is Cc1cccc(-c2c3ccc(-n4c5ccc(C(F)(F)F)cc5c5cc(C(F)(F)F)ccc54)cc3c(-c3cccc(C)c3)c3ccc(-n4c5ccc(C(F)(F)F)cc5c5cc(C(F)(F)F)ccc54)cc23)c1. The molecule has 0 saturated carbocycles. The molecule has 2 nitrogen and oxygen atoms in total. The lowest BCUT2D eigenvalue weighted by molar-refractivity contribution is -0.138. The number of aryl methyl sites for hydroxylation is 2. The molecule has 0 N–H and O–H groups in total. The summed E-state index contributed by atoms with van der Waals surface area (Å²) in [6.45, 7) is 3.83. The highest BCUT2D eigenvalue weighted by atomic mass is 19.4. The van der Waals surface area contributed by atoms with Gasteiger partial charge in [-0.1, -0.05) is 71.8 Å². The van der Waals surface area contributed by atoms with Crippen LogP contribution in [-0.4, -0.2) is 9.13 Å². The molecule has 0 saturated heterocycles. The Morgan fingerprint density at radius 1 is 0.286 bits per heavy atom. The number of fused-ring (bicyclic) bond motifs is 8. The fourth-order valence-electron chi connectivity index (χ4n) is 10.0. The van der Waals surface area contributed by atoms with E-state index >= 15 is 0 Å². The normalized spacial score (nSPS) is 13.0. The lowest BCUT2D eigenvalue weighted by Crippen LogP contribution is -2.04. The van der Waals surface area contributed by atoms with E-state index in [4.69, 9.17) is 0 Å². The van der Waals surface area contributed by atoms with Crippen molar-refractivity contribution in [1.29, 1.82) is 0 Å². The topological polar surface area (TPSA) is 9.86 Å². The van der Waals surface area contributed by atoms with Crippen LogP contribution in [0.2, 0.25) is 0 Å². The van der Waals surface area contributed by atoms with Crippen molar-refractivity contribution in [3.8, 4) is 33.6 Å². The van der Waals surface area contributed by atoms with E-state index in [1.807, 2.05) is 86.6 Å². The zero-order chi connectivity index (χ0) is 49.4. The summed E-state index contributed by atoms with van der Waals surface area (Å²) in [6, 6.07) is 38.2. The van der Waals surface area contributed by atoms with Crippen LogP contribution in [-0.2, 0) is 24.7 Å². The van der Waals surface area contributed by atoms with Crippen molar-refractivity contribution < 1.29 is 52.7 Å². The van der Waals surface area contributed by atoms with Gasteiger partial charge in [0.15, 0.2) is 0 Å². The van der Waals surface area contributed by atoms with Gasteiger partial charge in [-0.2, -0.15) is 52.7 Å². The molecule has 2 aromatic heterocycles. The summed E-state index contributed by atoms with van der Waals surface area (Å²) in [5, 5.41) is 2.61. The van der Waals surface area contributed by atoms with Gasteiger partial charge < -0.3 is 9.13 Å². The summed E-state index contributed by atoms with van der Waals surface area (Å²) in [6.07, 6.45) is -19.1.